The first-order valence-corrected chi connectivity index (χ1v) is 12.6. The van der Waals surface area contributed by atoms with Crippen LogP contribution in [0.1, 0.15) is 43.5 Å². The second kappa shape index (κ2) is 12.8. The third-order valence-electron chi connectivity index (χ3n) is 6.01. The Bertz CT molecular complexity index is 971. The molecular weight excluding hydrogens is 473 g/mol. The molecule has 1 aliphatic heterocycles. The highest BCUT2D eigenvalue weighted by Gasteiger charge is 2.20. The molecule has 3 rings (SSSR count). The summed E-state index contributed by atoms with van der Waals surface area (Å²) < 4.78 is 0. The molecule has 0 bridgehead atoms. The standard InChI is InChI=1S/C25H33Cl2N5O2/c1-3-31(4-2)16-13-28-24(33)19-17-18(11-12-22(19)32-14-6-5-7-15-32)29-25(34)30-23-20(26)9-8-10-21(23)27/h8-12,17H,3-7,13-16H2,1-2H3,(H,28,33)(H2,29,30,34). The van der Waals surface area contributed by atoms with E-state index >= 15 is 0 Å². The van der Waals surface area contributed by atoms with E-state index in [1.54, 1.807) is 24.3 Å². The van der Waals surface area contributed by atoms with Crippen LogP contribution in [0, 0.1) is 0 Å². The molecule has 0 unspecified atom stereocenters. The van der Waals surface area contributed by atoms with Gasteiger partial charge in [-0.25, -0.2) is 4.79 Å². The lowest BCUT2D eigenvalue weighted by Gasteiger charge is -2.30. The van der Waals surface area contributed by atoms with Crippen LogP contribution in [-0.4, -0.2) is 56.1 Å². The smallest absolute Gasteiger partial charge is 0.323 e. The van der Waals surface area contributed by atoms with Crippen molar-refractivity contribution >= 4 is 52.2 Å². The molecule has 0 spiro atoms. The van der Waals surface area contributed by atoms with Crippen molar-refractivity contribution in [3.8, 4) is 0 Å². The molecule has 0 saturated carbocycles. The SMILES string of the molecule is CCN(CC)CCNC(=O)c1cc(NC(=O)Nc2c(Cl)cccc2Cl)ccc1N1CCCCC1. The van der Waals surface area contributed by atoms with Crippen LogP contribution in [-0.2, 0) is 0 Å². The van der Waals surface area contributed by atoms with Crippen molar-refractivity contribution in [3.63, 3.8) is 0 Å². The first-order chi connectivity index (χ1) is 16.4. The van der Waals surface area contributed by atoms with E-state index in [-0.39, 0.29) is 5.91 Å². The Kier molecular flexibility index (Phi) is 9.86. The zero-order chi connectivity index (χ0) is 24.5. The lowest BCUT2D eigenvalue weighted by molar-refractivity contribution is 0.0949. The normalized spacial score (nSPS) is 13.6. The maximum atomic E-state index is 13.2. The topological polar surface area (TPSA) is 76.7 Å². The van der Waals surface area contributed by atoms with Crippen LogP contribution in [0.3, 0.4) is 0 Å². The minimum absolute atomic E-state index is 0.147. The first kappa shape index (κ1) is 26.1. The summed E-state index contributed by atoms with van der Waals surface area (Å²) in [4.78, 5) is 30.3. The fourth-order valence-electron chi connectivity index (χ4n) is 4.06. The number of likely N-dealkylation sites (N-methyl/N-ethyl adjacent to an activating group) is 1. The number of benzene rings is 2. The molecule has 0 aliphatic carbocycles. The number of rotatable bonds is 9. The molecule has 0 aromatic heterocycles. The monoisotopic (exact) mass is 505 g/mol. The van der Waals surface area contributed by atoms with Crippen LogP contribution < -0.4 is 20.9 Å². The molecule has 9 heteroatoms. The molecule has 34 heavy (non-hydrogen) atoms. The quantitative estimate of drug-likeness (QED) is 0.408. The fraction of sp³-hybridized carbons (Fsp3) is 0.440. The van der Waals surface area contributed by atoms with Gasteiger partial charge in [0.05, 0.1) is 21.3 Å². The molecule has 2 aromatic carbocycles. The van der Waals surface area contributed by atoms with E-state index in [0.29, 0.717) is 33.5 Å². The molecule has 184 valence electrons. The summed E-state index contributed by atoms with van der Waals surface area (Å²) in [6, 6.07) is 9.96. The molecule has 0 atom stereocenters. The van der Waals surface area contributed by atoms with E-state index < -0.39 is 6.03 Å². The number of hydrogen-bond acceptors (Lipinski definition) is 4. The third kappa shape index (κ3) is 7.01. The van der Waals surface area contributed by atoms with Gasteiger partial charge in [0.1, 0.15) is 0 Å². The van der Waals surface area contributed by atoms with Crippen molar-refractivity contribution in [1.29, 1.82) is 0 Å². The van der Waals surface area contributed by atoms with Crippen molar-refractivity contribution in [3.05, 3.63) is 52.0 Å². The Balaban J connectivity index is 1.76. The molecular formula is C25H33Cl2N5O2. The van der Waals surface area contributed by atoms with Crippen molar-refractivity contribution in [2.45, 2.75) is 33.1 Å². The van der Waals surface area contributed by atoms with Gasteiger partial charge in [0.25, 0.3) is 5.91 Å². The first-order valence-electron chi connectivity index (χ1n) is 11.8. The predicted octanol–water partition coefficient (Wildman–Crippen LogP) is 5.70. The molecule has 1 saturated heterocycles. The van der Waals surface area contributed by atoms with Crippen molar-refractivity contribution in [2.24, 2.45) is 0 Å². The van der Waals surface area contributed by atoms with Crippen molar-refractivity contribution < 1.29 is 9.59 Å². The summed E-state index contributed by atoms with van der Waals surface area (Å²) in [5.41, 5.74) is 2.29. The number of nitrogens with zero attached hydrogens (tertiary/aromatic N) is 2. The maximum absolute atomic E-state index is 13.2. The van der Waals surface area contributed by atoms with E-state index in [4.69, 9.17) is 23.2 Å². The second-order valence-corrected chi connectivity index (χ2v) is 9.05. The van der Waals surface area contributed by atoms with E-state index in [9.17, 15) is 9.59 Å². The number of amides is 3. The second-order valence-electron chi connectivity index (χ2n) is 8.24. The van der Waals surface area contributed by atoms with Crippen LogP contribution in [0.25, 0.3) is 0 Å². The number of piperidine rings is 1. The average Bonchev–Trinajstić information content (AvgIpc) is 2.84. The van der Waals surface area contributed by atoms with Crippen LogP contribution >= 0.6 is 23.2 Å². The van der Waals surface area contributed by atoms with E-state index in [2.05, 4.69) is 39.6 Å². The summed E-state index contributed by atoms with van der Waals surface area (Å²) >= 11 is 12.3. The molecule has 0 radical (unpaired) electrons. The minimum atomic E-state index is -0.492. The van der Waals surface area contributed by atoms with Gasteiger partial charge < -0.3 is 25.8 Å². The third-order valence-corrected chi connectivity index (χ3v) is 6.64. The van der Waals surface area contributed by atoms with Gasteiger partial charge in [-0.15, -0.1) is 0 Å². The lowest BCUT2D eigenvalue weighted by Crippen LogP contribution is -2.36. The zero-order valence-electron chi connectivity index (χ0n) is 19.8. The van der Waals surface area contributed by atoms with E-state index in [0.717, 1.165) is 51.3 Å². The van der Waals surface area contributed by atoms with Crippen molar-refractivity contribution in [1.82, 2.24) is 10.2 Å². The van der Waals surface area contributed by atoms with Gasteiger partial charge in [0.2, 0.25) is 0 Å². The Morgan fingerprint density at radius 3 is 2.29 bits per heavy atom. The van der Waals surface area contributed by atoms with Gasteiger partial charge in [0, 0.05) is 37.6 Å². The predicted molar refractivity (Wildman–Crippen MR) is 142 cm³/mol. The van der Waals surface area contributed by atoms with Crippen LogP contribution in [0.4, 0.5) is 21.9 Å². The molecule has 3 N–H and O–H groups in total. The van der Waals surface area contributed by atoms with Crippen LogP contribution in [0.15, 0.2) is 36.4 Å². The van der Waals surface area contributed by atoms with Crippen molar-refractivity contribution in [2.75, 3.05) is 54.8 Å². The number of halogens is 2. The van der Waals surface area contributed by atoms with Gasteiger partial charge in [-0.2, -0.15) is 0 Å². The molecule has 1 heterocycles. The number of anilines is 3. The van der Waals surface area contributed by atoms with E-state index in [1.165, 1.54) is 6.42 Å². The molecule has 3 amide bonds. The fourth-order valence-corrected chi connectivity index (χ4v) is 4.55. The van der Waals surface area contributed by atoms with Crippen LogP contribution in [0.2, 0.25) is 10.0 Å². The summed E-state index contributed by atoms with van der Waals surface area (Å²) in [5, 5.41) is 9.20. The maximum Gasteiger partial charge on any atom is 0.323 e. The average molecular weight is 506 g/mol. The molecule has 7 nitrogen and oxygen atoms in total. The number of urea groups is 1. The van der Waals surface area contributed by atoms with Gasteiger partial charge in [-0.05, 0) is 62.7 Å². The lowest BCUT2D eigenvalue weighted by atomic mass is 10.1. The zero-order valence-corrected chi connectivity index (χ0v) is 21.3. The van der Waals surface area contributed by atoms with Gasteiger partial charge in [-0.3, -0.25) is 4.79 Å². The highest BCUT2D eigenvalue weighted by Crippen LogP contribution is 2.31. The van der Waals surface area contributed by atoms with Gasteiger partial charge in [-0.1, -0.05) is 43.1 Å². The minimum Gasteiger partial charge on any atom is -0.371 e. The van der Waals surface area contributed by atoms with Crippen LogP contribution in [0.5, 0.6) is 0 Å². The number of hydrogen-bond donors (Lipinski definition) is 3. The number of nitrogens with one attached hydrogen (secondary N) is 3. The Labute approximate surface area is 211 Å². The number of carbonyl (C=O) groups is 2. The molecule has 2 aromatic rings. The Morgan fingerprint density at radius 2 is 1.65 bits per heavy atom. The highest BCUT2D eigenvalue weighted by atomic mass is 35.5. The van der Waals surface area contributed by atoms with E-state index in [1.807, 2.05) is 12.1 Å². The summed E-state index contributed by atoms with van der Waals surface area (Å²) in [6.07, 6.45) is 3.40. The number of para-hydroxylation sites is 1. The Hall–Kier alpha value is -2.48. The Morgan fingerprint density at radius 1 is 0.971 bits per heavy atom. The summed E-state index contributed by atoms with van der Waals surface area (Å²) in [5.74, 6) is -0.147. The number of carbonyl (C=O) groups excluding carboxylic acids is 2. The largest absolute Gasteiger partial charge is 0.371 e. The molecule has 1 fully saturated rings. The summed E-state index contributed by atoms with van der Waals surface area (Å²) in [6.45, 7) is 9.27. The highest BCUT2D eigenvalue weighted by molar-refractivity contribution is 6.39. The van der Waals surface area contributed by atoms with Gasteiger partial charge >= 0.3 is 6.03 Å². The van der Waals surface area contributed by atoms with Gasteiger partial charge in [0.15, 0.2) is 0 Å². The summed E-state index contributed by atoms with van der Waals surface area (Å²) in [7, 11) is 0. The molecule has 1 aliphatic rings.